The van der Waals surface area contributed by atoms with Gasteiger partial charge in [0.1, 0.15) is 0 Å². The summed E-state index contributed by atoms with van der Waals surface area (Å²) >= 11 is 11.7. The van der Waals surface area contributed by atoms with Crippen molar-refractivity contribution in [1.29, 1.82) is 0 Å². The largest absolute Gasteiger partial charge is 0.385 e. The Morgan fingerprint density at radius 1 is 1.29 bits per heavy atom. The molecule has 1 unspecified atom stereocenters. The van der Waals surface area contributed by atoms with Gasteiger partial charge in [0.15, 0.2) is 0 Å². The van der Waals surface area contributed by atoms with Crippen LogP contribution in [0.3, 0.4) is 0 Å². The number of anilines is 1. The average molecular weight is 232 g/mol. The van der Waals surface area contributed by atoms with Gasteiger partial charge in [0.05, 0.1) is 10.0 Å². The van der Waals surface area contributed by atoms with Gasteiger partial charge in [0.2, 0.25) is 0 Å². The second-order valence-corrected chi connectivity index (χ2v) is 4.34. The molecule has 0 aliphatic heterocycles. The van der Waals surface area contributed by atoms with Crippen LogP contribution in [0.1, 0.15) is 20.3 Å². The molecule has 0 spiro atoms. The average Bonchev–Trinajstić information content (AvgIpc) is 2.19. The fourth-order valence-corrected chi connectivity index (χ4v) is 1.34. The smallest absolute Gasteiger partial charge is 0.0612 e. The number of hydrogen-bond donors (Lipinski definition) is 1. The highest BCUT2D eigenvalue weighted by molar-refractivity contribution is 6.42. The lowest BCUT2D eigenvalue weighted by Crippen LogP contribution is -2.09. The first-order valence-electron chi connectivity index (χ1n) is 4.82. The molecule has 0 heterocycles. The van der Waals surface area contributed by atoms with E-state index in [0.29, 0.717) is 16.0 Å². The molecule has 0 amide bonds. The number of nitrogens with one attached hydrogen (secondary N) is 1. The van der Waals surface area contributed by atoms with Crippen molar-refractivity contribution < 1.29 is 0 Å². The molecule has 0 aliphatic carbocycles. The third-order valence-electron chi connectivity index (χ3n) is 2.27. The molecule has 0 bridgehead atoms. The van der Waals surface area contributed by atoms with Crippen LogP contribution >= 0.6 is 23.2 Å². The summed E-state index contributed by atoms with van der Waals surface area (Å²) in [7, 11) is 0. The lowest BCUT2D eigenvalue weighted by atomic mass is 10.1. The van der Waals surface area contributed by atoms with Gasteiger partial charge < -0.3 is 5.32 Å². The molecule has 0 radical (unpaired) electrons. The van der Waals surface area contributed by atoms with E-state index >= 15 is 0 Å². The molecule has 3 heteroatoms. The van der Waals surface area contributed by atoms with Gasteiger partial charge in [-0.05, 0) is 24.1 Å². The van der Waals surface area contributed by atoms with Crippen molar-refractivity contribution in [1.82, 2.24) is 0 Å². The molecular formula is C11H15Cl2N. The van der Waals surface area contributed by atoms with Gasteiger partial charge in [-0.25, -0.2) is 0 Å². The third-order valence-corrected chi connectivity index (χ3v) is 3.01. The summed E-state index contributed by atoms with van der Waals surface area (Å²) in [5.41, 5.74) is 1.03. The van der Waals surface area contributed by atoms with E-state index in [2.05, 4.69) is 19.2 Å². The van der Waals surface area contributed by atoms with Crippen LogP contribution in [0.25, 0.3) is 0 Å². The minimum Gasteiger partial charge on any atom is -0.385 e. The number of hydrogen-bond acceptors (Lipinski definition) is 1. The molecular weight excluding hydrogens is 217 g/mol. The van der Waals surface area contributed by atoms with Crippen molar-refractivity contribution in [3.8, 4) is 0 Å². The van der Waals surface area contributed by atoms with E-state index in [1.165, 1.54) is 6.42 Å². The Morgan fingerprint density at radius 2 is 2.00 bits per heavy atom. The summed E-state index contributed by atoms with van der Waals surface area (Å²) in [6.45, 7) is 5.36. The van der Waals surface area contributed by atoms with Gasteiger partial charge in [0.25, 0.3) is 0 Å². The first kappa shape index (κ1) is 11.7. The highest BCUT2D eigenvalue weighted by atomic mass is 35.5. The summed E-state index contributed by atoms with van der Waals surface area (Å²) < 4.78 is 0. The van der Waals surface area contributed by atoms with E-state index in [1.54, 1.807) is 0 Å². The second kappa shape index (κ2) is 5.47. The van der Waals surface area contributed by atoms with Crippen LogP contribution < -0.4 is 5.32 Å². The van der Waals surface area contributed by atoms with Gasteiger partial charge in [-0.3, -0.25) is 0 Å². The SMILES string of the molecule is CCC(C)CNc1ccc(Cl)c(Cl)c1. The van der Waals surface area contributed by atoms with Crippen molar-refractivity contribution in [2.24, 2.45) is 5.92 Å². The second-order valence-electron chi connectivity index (χ2n) is 3.52. The Balaban J connectivity index is 2.55. The molecule has 0 aromatic heterocycles. The number of halogens is 2. The molecule has 0 aliphatic rings. The van der Waals surface area contributed by atoms with E-state index in [1.807, 2.05) is 18.2 Å². The Kier molecular flexibility index (Phi) is 4.56. The monoisotopic (exact) mass is 231 g/mol. The van der Waals surface area contributed by atoms with E-state index in [0.717, 1.165) is 12.2 Å². The lowest BCUT2D eigenvalue weighted by molar-refractivity contribution is 0.593. The highest BCUT2D eigenvalue weighted by Gasteiger charge is 2.01. The standard InChI is InChI=1S/C11H15Cl2N/c1-3-8(2)7-14-9-4-5-10(12)11(13)6-9/h4-6,8,14H,3,7H2,1-2H3. The minimum absolute atomic E-state index is 0.598. The molecule has 1 aromatic carbocycles. The van der Waals surface area contributed by atoms with Crippen LogP contribution in [0, 0.1) is 5.92 Å². The summed E-state index contributed by atoms with van der Waals surface area (Å²) in [6.07, 6.45) is 1.17. The van der Waals surface area contributed by atoms with Crippen LogP contribution in [-0.2, 0) is 0 Å². The maximum absolute atomic E-state index is 5.89. The van der Waals surface area contributed by atoms with Crippen LogP contribution in [-0.4, -0.2) is 6.54 Å². The molecule has 0 saturated heterocycles. The van der Waals surface area contributed by atoms with Crippen molar-refractivity contribution >= 4 is 28.9 Å². The van der Waals surface area contributed by atoms with Gasteiger partial charge in [0, 0.05) is 12.2 Å². The van der Waals surface area contributed by atoms with E-state index in [4.69, 9.17) is 23.2 Å². The third kappa shape index (κ3) is 3.39. The van der Waals surface area contributed by atoms with Gasteiger partial charge in [-0.2, -0.15) is 0 Å². The first-order chi connectivity index (χ1) is 6.63. The van der Waals surface area contributed by atoms with Gasteiger partial charge >= 0.3 is 0 Å². The summed E-state index contributed by atoms with van der Waals surface area (Å²) in [6, 6.07) is 5.60. The molecule has 0 saturated carbocycles. The molecule has 14 heavy (non-hydrogen) atoms. The van der Waals surface area contributed by atoms with Crippen molar-refractivity contribution in [3.63, 3.8) is 0 Å². The quantitative estimate of drug-likeness (QED) is 0.808. The van der Waals surface area contributed by atoms with Crippen LogP contribution in [0.15, 0.2) is 18.2 Å². The Labute approximate surface area is 95.4 Å². The van der Waals surface area contributed by atoms with Gasteiger partial charge in [-0.15, -0.1) is 0 Å². The summed E-state index contributed by atoms with van der Waals surface area (Å²) in [5.74, 6) is 0.671. The van der Waals surface area contributed by atoms with Gasteiger partial charge in [-0.1, -0.05) is 43.5 Å². The molecule has 1 aromatic rings. The predicted molar refractivity (Wildman–Crippen MR) is 64.4 cm³/mol. The Bertz CT molecular complexity index is 299. The highest BCUT2D eigenvalue weighted by Crippen LogP contribution is 2.25. The Morgan fingerprint density at radius 3 is 2.57 bits per heavy atom. The molecule has 78 valence electrons. The van der Waals surface area contributed by atoms with Crippen LogP contribution in [0.2, 0.25) is 10.0 Å². The van der Waals surface area contributed by atoms with Crippen LogP contribution in [0.4, 0.5) is 5.69 Å². The number of rotatable bonds is 4. The summed E-state index contributed by atoms with van der Waals surface area (Å²) in [4.78, 5) is 0. The summed E-state index contributed by atoms with van der Waals surface area (Å²) in [5, 5.41) is 4.52. The molecule has 0 fully saturated rings. The lowest BCUT2D eigenvalue weighted by Gasteiger charge is -2.11. The minimum atomic E-state index is 0.598. The normalized spacial score (nSPS) is 12.6. The van der Waals surface area contributed by atoms with Crippen LogP contribution in [0.5, 0.6) is 0 Å². The van der Waals surface area contributed by atoms with Crippen molar-refractivity contribution in [3.05, 3.63) is 28.2 Å². The molecule has 1 N–H and O–H groups in total. The molecule has 1 nitrogen and oxygen atoms in total. The van der Waals surface area contributed by atoms with Crippen molar-refractivity contribution in [2.75, 3.05) is 11.9 Å². The first-order valence-corrected chi connectivity index (χ1v) is 5.58. The van der Waals surface area contributed by atoms with E-state index < -0.39 is 0 Å². The van der Waals surface area contributed by atoms with Crippen molar-refractivity contribution in [2.45, 2.75) is 20.3 Å². The molecule has 1 atom stereocenters. The fraction of sp³-hybridized carbons (Fsp3) is 0.455. The maximum Gasteiger partial charge on any atom is 0.0612 e. The predicted octanol–water partition coefficient (Wildman–Crippen LogP) is 4.45. The zero-order valence-electron chi connectivity index (χ0n) is 8.48. The molecule has 1 rings (SSSR count). The zero-order valence-corrected chi connectivity index (χ0v) is 9.99. The van der Waals surface area contributed by atoms with E-state index in [9.17, 15) is 0 Å². The number of benzene rings is 1. The van der Waals surface area contributed by atoms with E-state index in [-0.39, 0.29) is 0 Å². The fourth-order valence-electron chi connectivity index (χ4n) is 1.04. The zero-order chi connectivity index (χ0) is 10.6. The Hall–Kier alpha value is -0.400. The maximum atomic E-state index is 5.89. The topological polar surface area (TPSA) is 12.0 Å².